The number of carbonyl (C=O) groups is 2. The first-order valence-corrected chi connectivity index (χ1v) is 11.0. The molecule has 7 heteroatoms. The van der Waals surface area contributed by atoms with Crippen LogP contribution in [0, 0.1) is 0 Å². The lowest BCUT2D eigenvalue weighted by molar-refractivity contribution is -0.141. The molecule has 5 rings (SSSR count). The third kappa shape index (κ3) is 3.03. The number of aliphatic hydroxyl groups is 1. The molecule has 2 bridgehead atoms. The molecule has 0 radical (unpaired) electrons. The lowest BCUT2D eigenvalue weighted by Gasteiger charge is -2.61. The van der Waals surface area contributed by atoms with Gasteiger partial charge in [0, 0.05) is 23.4 Å². The number of likely N-dealkylation sites (tertiary alicyclic amines) is 1. The molecule has 1 N–H and O–H groups in total. The monoisotopic (exact) mass is 449 g/mol. The lowest BCUT2D eigenvalue weighted by atomic mass is 9.51. The maximum absolute atomic E-state index is 13.1. The van der Waals surface area contributed by atoms with Gasteiger partial charge >= 0.3 is 5.97 Å². The minimum atomic E-state index is -1.37. The smallest absolute Gasteiger partial charge is 0.343 e. The Hall–Kier alpha value is -3.16. The van der Waals surface area contributed by atoms with Gasteiger partial charge in [0.25, 0.3) is 0 Å². The van der Waals surface area contributed by atoms with Crippen LogP contribution in [0.5, 0.6) is 11.5 Å². The van der Waals surface area contributed by atoms with Crippen LogP contribution >= 0.6 is 0 Å². The summed E-state index contributed by atoms with van der Waals surface area (Å²) >= 11 is 0. The summed E-state index contributed by atoms with van der Waals surface area (Å²) < 4.78 is 16.9. The van der Waals surface area contributed by atoms with E-state index in [2.05, 4.69) is 4.90 Å². The van der Waals surface area contributed by atoms with E-state index < -0.39 is 17.0 Å². The number of hydrogen-bond acceptors (Lipinski definition) is 7. The second kappa shape index (κ2) is 7.71. The highest BCUT2D eigenvalue weighted by molar-refractivity contribution is 5.97. The summed E-state index contributed by atoms with van der Waals surface area (Å²) in [5, 5.41) is 12.2. The Labute approximate surface area is 192 Å². The van der Waals surface area contributed by atoms with Crippen molar-refractivity contribution in [3.05, 3.63) is 71.0 Å². The van der Waals surface area contributed by atoms with Crippen LogP contribution in [0.2, 0.25) is 0 Å². The zero-order chi connectivity index (χ0) is 23.4. The van der Waals surface area contributed by atoms with Gasteiger partial charge in [-0.05, 0) is 56.3 Å². The van der Waals surface area contributed by atoms with Gasteiger partial charge in [0.15, 0.2) is 23.0 Å². The fourth-order valence-electron chi connectivity index (χ4n) is 5.88. The van der Waals surface area contributed by atoms with Crippen molar-refractivity contribution in [3.63, 3.8) is 0 Å². The van der Waals surface area contributed by atoms with Crippen LogP contribution in [0.1, 0.15) is 34.3 Å². The summed E-state index contributed by atoms with van der Waals surface area (Å²) in [6.45, 7) is 0.694. The Morgan fingerprint density at radius 3 is 2.58 bits per heavy atom. The van der Waals surface area contributed by atoms with Crippen molar-refractivity contribution >= 4 is 11.8 Å². The van der Waals surface area contributed by atoms with Crippen LogP contribution in [0.4, 0.5) is 0 Å². The number of piperidine rings is 1. The number of rotatable bonds is 4. The van der Waals surface area contributed by atoms with E-state index in [1.807, 2.05) is 19.2 Å². The first-order valence-electron chi connectivity index (χ1n) is 11.0. The minimum Gasteiger partial charge on any atom is -0.493 e. The molecule has 3 aliphatic rings. The normalized spacial score (nSPS) is 28.3. The molecule has 1 fully saturated rings. The molecule has 0 saturated carbocycles. The van der Waals surface area contributed by atoms with Gasteiger partial charge in [0.05, 0.1) is 19.8 Å². The highest BCUT2D eigenvalue weighted by Crippen LogP contribution is 2.59. The average Bonchev–Trinajstić information content (AvgIpc) is 2.82. The van der Waals surface area contributed by atoms with E-state index in [4.69, 9.17) is 14.2 Å². The van der Waals surface area contributed by atoms with Gasteiger partial charge in [-0.1, -0.05) is 24.3 Å². The molecule has 0 unspecified atom stereocenters. The lowest BCUT2D eigenvalue weighted by Crippen LogP contribution is -2.71. The molecule has 2 aliphatic carbocycles. The summed E-state index contributed by atoms with van der Waals surface area (Å²) in [7, 11) is 4.94. The number of esters is 1. The third-order valence-electron chi connectivity index (χ3n) is 7.53. The van der Waals surface area contributed by atoms with Crippen molar-refractivity contribution in [2.24, 2.45) is 0 Å². The third-order valence-corrected chi connectivity index (χ3v) is 7.53. The number of ether oxygens (including phenoxy) is 3. The summed E-state index contributed by atoms with van der Waals surface area (Å²) in [6.07, 6.45) is 2.69. The van der Waals surface area contributed by atoms with Crippen LogP contribution in [-0.2, 0) is 21.4 Å². The number of nitrogens with zero attached hydrogens (tertiary/aromatic N) is 1. The van der Waals surface area contributed by atoms with Gasteiger partial charge in [-0.3, -0.25) is 9.69 Å². The molecule has 172 valence electrons. The molecule has 1 heterocycles. The van der Waals surface area contributed by atoms with E-state index in [1.165, 1.54) is 14.2 Å². The fourth-order valence-corrected chi connectivity index (χ4v) is 5.88. The number of benzene rings is 2. The molecular weight excluding hydrogens is 422 g/mol. The topological polar surface area (TPSA) is 85.3 Å². The average molecular weight is 450 g/mol. The van der Waals surface area contributed by atoms with E-state index in [9.17, 15) is 14.7 Å². The number of likely N-dealkylation sites (N-methyl/N-ethyl adjacent to an activating group) is 1. The Morgan fingerprint density at radius 1 is 1.12 bits per heavy atom. The molecule has 2 aromatic rings. The maximum atomic E-state index is 13.1. The number of hydrogen-bond donors (Lipinski definition) is 1. The summed E-state index contributed by atoms with van der Waals surface area (Å²) in [4.78, 5) is 28.2. The highest BCUT2D eigenvalue weighted by Gasteiger charge is 2.65. The Bertz CT molecular complexity index is 1160. The molecule has 1 saturated heterocycles. The van der Waals surface area contributed by atoms with E-state index >= 15 is 0 Å². The van der Waals surface area contributed by atoms with Crippen molar-refractivity contribution in [2.75, 3.05) is 27.8 Å². The standard InChI is InChI=1S/C26H27NO6/c1-27-12-11-25-14-18(28)20(32-3)15-26(25,30)21(27)13-17-9-10-19(31-2)23(22(17)25)33-24(29)16-7-5-4-6-8-16/h4-10,15,21,30H,11-14H2,1-3H3/t21-,25-,26-/m0/s1. The number of Topliss-reactive ketones (excluding diaryl/α,β-unsaturated/α-hetero) is 1. The van der Waals surface area contributed by atoms with Crippen LogP contribution in [-0.4, -0.2) is 61.2 Å². The van der Waals surface area contributed by atoms with Crippen molar-refractivity contribution in [3.8, 4) is 11.5 Å². The zero-order valence-electron chi connectivity index (χ0n) is 19.0. The number of ketones is 1. The fraction of sp³-hybridized carbons (Fsp3) is 0.385. The van der Waals surface area contributed by atoms with Gasteiger partial charge in [0.1, 0.15) is 5.60 Å². The SMILES string of the molecule is COC1=C[C@]2(O)[C@@H]3Cc4ccc(OC)c(OC(=O)c5ccccc5)c4[C@]2(CCN3C)CC1=O. The zero-order valence-corrected chi connectivity index (χ0v) is 19.0. The van der Waals surface area contributed by atoms with E-state index in [0.717, 1.165) is 5.56 Å². The van der Waals surface area contributed by atoms with E-state index in [1.54, 1.807) is 36.4 Å². The highest BCUT2D eigenvalue weighted by atomic mass is 16.6. The predicted molar refractivity (Wildman–Crippen MR) is 120 cm³/mol. The van der Waals surface area contributed by atoms with Crippen LogP contribution < -0.4 is 9.47 Å². The Morgan fingerprint density at radius 2 is 1.88 bits per heavy atom. The number of fused-ring (bicyclic) bond motifs is 1. The van der Waals surface area contributed by atoms with Crippen molar-refractivity contribution in [1.82, 2.24) is 4.90 Å². The molecule has 0 spiro atoms. The summed E-state index contributed by atoms with van der Waals surface area (Å²) in [5.74, 6) is 0.130. The van der Waals surface area contributed by atoms with Crippen LogP contribution in [0.3, 0.4) is 0 Å². The summed E-state index contributed by atoms with van der Waals surface area (Å²) in [6, 6.07) is 12.2. The van der Waals surface area contributed by atoms with Gasteiger partial charge in [-0.2, -0.15) is 0 Å². The number of carbonyl (C=O) groups excluding carboxylic acids is 2. The maximum Gasteiger partial charge on any atom is 0.343 e. The molecule has 33 heavy (non-hydrogen) atoms. The number of methoxy groups -OCH3 is 2. The van der Waals surface area contributed by atoms with Gasteiger partial charge in [-0.15, -0.1) is 0 Å². The second-order valence-corrected chi connectivity index (χ2v) is 9.06. The van der Waals surface area contributed by atoms with Gasteiger partial charge in [-0.25, -0.2) is 4.79 Å². The van der Waals surface area contributed by atoms with Crippen LogP contribution in [0.25, 0.3) is 0 Å². The molecule has 7 nitrogen and oxygen atoms in total. The van der Waals surface area contributed by atoms with Crippen LogP contribution in [0.15, 0.2) is 54.3 Å². The molecular formula is C26H27NO6. The quantitative estimate of drug-likeness (QED) is 0.567. The van der Waals surface area contributed by atoms with E-state index in [0.29, 0.717) is 36.3 Å². The number of allylic oxidation sites excluding steroid dienone is 1. The Kier molecular flexibility index (Phi) is 5.06. The largest absolute Gasteiger partial charge is 0.493 e. The molecule has 0 aromatic heterocycles. The van der Waals surface area contributed by atoms with Gasteiger partial charge < -0.3 is 19.3 Å². The molecule has 0 amide bonds. The molecule has 3 atom stereocenters. The van der Waals surface area contributed by atoms with Gasteiger partial charge in [0.2, 0.25) is 0 Å². The minimum absolute atomic E-state index is 0.0591. The second-order valence-electron chi connectivity index (χ2n) is 9.06. The Balaban J connectivity index is 1.73. The molecule has 1 aliphatic heterocycles. The molecule has 2 aromatic carbocycles. The first kappa shape index (κ1) is 21.7. The predicted octanol–water partition coefficient (Wildman–Crippen LogP) is 2.65. The first-order chi connectivity index (χ1) is 15.8. The van der Waals surface area contributed by atoms with E-state index in [-0.39, 0.29) is 29.8 Å². The van der Waals surface area contributed by atoms with Crippen molar-refractivity contribution < 1.29 is 28.9 Å². The van der Waals surface area contributed by atoms with Crippen molar-refractivity contribution in [1.29, 1.82) is 0 Å². The van der Waals surface area contributed by atoms with Crippen molar-refractivity contribution in [2.45, 2.75) is 36.3 Å². The summed E-state index contributed by atoms with van der Waals surface area (Å²) in [5.41, 5.74) is -0.305.